The Morgan fingerprint density at radius 2 is 2.06 bits per heavy atom. The minimum atomic E-state index is -3.40. The average molecular weight is 332 g/mol. The van der Waals surface area contributed by atoms with Gasteiger partial charge in [-0.1, -0.05) is 35.8 Å². The minimum absolute atomic E-state index is 0.287. The van der Waals surface area contributed by atoms with E-state index in [1.54, 1.807) is 12.1 Å². The summed E-state index contributed by atoms with van der Waals surface area (Å²) in [6.45, 7) is 6.66. The Morgan fingerprint density at radius 3 is 2.61 bits per heavy atom. The molecule has 0 aromatic heterocycles. The largest absolute Gasteiger partial charge is 0.240 e. The molecule has 0 spiro atoms. The van der Waals surface area contributed by atoms with Crippen LogP contribution < -0.4 is 4.72 Å². The highest BCUT2D eigenvalue weighted by Crippen LogP contribution is 2.51. The van der Waals surface area contributed by atoms with Crippen LogP contribution in [0.1, 0.15) is 25.8 Å². The molecule has 2 rings (SSSR count). The summed E-state index contributed by atoms with van der Waals surface area (Å²) in [4.78, 5) is 0.357. The lowest BCUT2D eigenvalue weighted by Crippen LogP contribution is -2.27. The number of nitrogens with one attached hydrogen (secondary N) is 1. The van der Waals surface area contributed by atoms with E-state index in [4.69, 9.17) is 0 Å². The molecule has 0 radical (unpaired) electrons. The second kappa shape index (κ2) is 4.62. The maximum Gasteiger partial charge on any atom is 0.240 e. The van der Waals surface area contributed by atoms with Crippen molar-refractivity contribution in [2.24, 2.45) is 11.3 Å². The van der Waals surface area contributed by atoms with Crippen molar-refractivity contribution in [1.29, 1.82) is 0 Å². The van der Waals surface area contributed by atoms with Gasteiger partial charge >= 0.3 is 0 Å². The molecule has 18 heavy (non-hydrogen) atoms. The lowest BCUT2D eigenvalue weighted by Gasteiger charge is -2.10. The topological polar surface area (TPSA) is 46.2 Å². The monoisotopic (exact) mass is 331 g/mol. The van der Waals surface area contributed by atoms with Crippen molar-refractivity contribution in [3.05, 3.63) is 28.2 Å². The molecule has 0 aliphatic heterocycles. The number of hydrogen-bond donors (Lipinski definition) is 1. The molecule has 1 aliphatic rings. The Bertz CT molecular complexity index is 566. The Kier molecular flexibility index (Phi) is 3.60. The molecule has 0 amide bonds. The summed E-state index contributed by atoms with van der Waals surface area (Å²) in [5.41, 5.74) is 1.05. The van der Waals surface area contributed by atoms with Gasteiger partial charge in [-0.25, -0.2) is 13.1 Å². The highest BCUT2D eigenvalue weighted by molar-refractivity contribution is 9.10. The lowest BCUT2D eigenvalue weighted by atomic mass is 10.1. The van der Waals surface area contributed by atoms with E-state index in [1.165, 1.54) is 0 Å². The SMILES string of the molecule is Cc1ccc(Br)cc1S(=O)(=O)NCC1CC1(C)C. The van der Waals surface area contributed by atoms with Crippen LogP contribution in [-0.2, 0) is 10.0 Å². The zero-order valence-corrected chi connectivity index (χ0v) is 13.2. The molecule has 1 saturated carbocycles. The first kappa shape index (κ1) is 14.0. The van der Waals surface area contributed by atoms with Crippen molar-refractivity contribution in [1.82, 2.24) is 4.72 Å². The Hall–Kier alpha value is -0.390. The van der Waals surface area contributed by atoms with Crippen LogP contribution in [0.25, 0.3) is 0 Å². The summed E-state index contributed by atoms with van der Waals surface area (Å²) in [7, 11) is -3.40. The van der Waals surface area contributed by atoms with Gasteiger partial charge in [0.1, 0.15) is 0 Å². The summed E-state index contributed by atoms with van der Waals surface area (Å²) in [5.74, 6) is 0.458. The second-order valence-corrected chi connectivity index (χ2v) is 8.30. The molecule has 1 aromatic rings. The third-order valence-electron chi connectivity index (χ3n) is 3.68. The predicted molar refractivity (Wildman–Crippen MR) is 76.0 cm³/mol. The normalized spacial score (nSPS) is 21.9. The van der Waals surface area contributed by atoms with E-state index >= 15 is 0 Å². The van der Waals surface area contributed by atoms with Gasteiger partial charge in [0.15, 0.2) is 0 Å². The molecule has 5 heteroatoms. The number of hydrogen-bond acceptors (Lipinski definition) is 2. The van der Waals surface area contributed by atoms with Crippen LogP contribution in [-0.4, -0.2) is 15.0 Å². The number of benzene rings is 1. The molecule has 1 atom stereocenters. The maximum atomic E-state index is 12.2. The summed E-state index contributed by atoms with van der Waals surface area (Å²) < 4.78 is 27.9. The summed E-state index contributed by atoms with van der Waals surface area (Å²) >= 11 is 3.31. The van der Waals surface area contributed by atoms with Gasteiger partial charge < -0.3 is 0 Å². The van der Waals surface area contributed by atoms with Gasteiger partial charge in [0.05, 0.1) is 4.90 Å². The molecule has 1 N–H and O–H groups in total. The second-order valence-electron chi connectivity index (χ2n) is 5.65. The number of rotatable bonds is 4. The van der Waals surface area contributed by atoms with Crippen LogP contribution in [0, 0.1) is 18.3 Å². The van der Waals surface area contributed by atoms with Gasteiger partial charge in [-0.05, 0) is 42.4 Å². The first-order chi connectivity index (χ1) is 8.22. The third kappa shape index (κ3) is 2.95. The lowest BCUT2D eigenvalue weighted by molar-refractivity contribution is 0.537. The van der Waals surface area contributed by atoms with Crippen LogP contribution in [0.2, 0.25) is 0 Å². The highest BCUT2D eigenvalue weighted by atomic mass is 79.9. The fourth-order valence-corrected chi connectivity index (χ4v) is 3.94. The van der Waals surface area contributed by atoms with Crippen molar-refractivity contribution in [2.45, 2.75) is 32.1 Å². The van der Waals surface area contributed by atoms with Crippen molar-refractivity contribution < 1.29 is 8.42 Å². The molecule has 100 valence electrons. The number of halogens is 1. The standard InChI is InChI=1S/C13H18BrNO2S/c1-9-4-5-11(14)6-12(9)18(16,17)15-8-10-7-13(10,2)3/h4-6,10,15H,7-8H2,1-3H3. The van der Waals surface area contributed by atoms with Gasteiger partial charge in [-0.2, -0.15) is 0 Å². The van der Waals surface area contributed by atoms with Crippen LogP contribution in [0.4, 0.5) is 0 Å². The van der Waals surface area contributed by atoms with Crippen LogP contribution in [0.15, 0.2) is 27.6 Å². The van der Waals surface area contributed by atoms with E-state index < -0.39 is 10.0 Å². The van der Waals surface area contributed by atoms with Crippen molar-refractivity contribution in [3.63, 3.8) is 0 Å². The highest BCUT2D eigenvalue weighted by Gasteiger charge is 2.45. The Labute approximate surface area is 117 Å². The molecule has 0 bridgehead atoms. The number of sulfonamides is 1. The van der Waals surface area contributed by atoms with Gasteiger partial charge in [0, 0.05) is 11.0 Å². The molecular formula is C13H18BrNO2S. The molecular weight excluding hydrogens is 314 g/mol. The van der Waals surface area contributed by atoms with Gasteiger partial charge in [0.2, 0.25) is 10.0 Å². The van der Waals surface area contributed by atoms with Crippen molar-refractivity contribution in [2.75, 3.05) is 6.54 Å². The van der Waals surface area contributed by atoms with Crippen LogP contribution in [0.5, 0.6) is 0 Å². The van der Waals surface area contributed by atoms with Crippen molar-refractivity contribution in [3.8, 4) is 0 Å². The fraction of sp³-hybridized carbons (Fsp3) is 0.538. The Morgan fingerprint density at radius 1 is 1.44 bits per heavy atom. The van der Waals surface area contributed by atoms with E-state index in [-0.39, 0.29) is 5.41 Å². The van der Waals surface area contributed by atoms with Crippen molar-refractivity contribution >= 4 is 26.0 Å². The first-order valence-electron chi connectivity index (χ1n) is 5.98. The summed E-state index contributed by atoms with van der Waals surface area (Å²) in [6.07, 6.45) is 1.09. The summed E-state index contributed by atoms with van der Waals surface area (Å²) in [5, 5.41) is 0. The van der Waals surface area contributed by atoms with Gasteiger partial charge in [0.25, 0.3) is 0 Å². The number of aryl methyl sites for hydroxylation is 1. The molecule has 1 aromatic carbocycles. The zero-order chi connectivity index (χ0) is 13.6. The first-order valence-corrected chi connectivity index (χ1v) is 8.26. The molecule has 0 heterocycles. The third-order valence-corrected chi connectivity index (χ3v) is 5.74. The van der Waals surface area contributed by atoms with E-state index in [2.05, 4.69) is 34.5 Å². The maximum absolute atomic E-state index is 12.2. The van der Waals surface area contributed by atoms with Crippen LogP contribution in [0.3, 0.4) is 0 Å². The fourth-order valence-electron chi connectivity index (χ4n) is 2.08. The zero-order valence-electron chi connectivity index (χ0n) is 10.8. The van der Waals surface area contributed by atoms with E-state index in [0.29, 0.717) is 17.4 Å². The van der Waals surface area contributed by atoms with E-state index in [0.717, 1.165) is 16.5 Å². The quantitative estimate of drug-likeness (QED) is 0.921. The van der Waals surface area contributed by atoms with Gasteiger partial charge in [-0.3, -0.25) is 0 Å². The molecule has 0 saturated heterocycles. The van der Waals surface area contributed by atoms with Crippen LogP contribution >= 0.6 is 15.9 Å². The molecule has 1 aliphatic carbocycles. The van der Waals surface area contributed by atoms with Gasteiger partial charge in [-0.15, -0.1) is 0 Å². The predicted octanol–water partition coefficient (Wildman–Crippen LogP) is 3.08. The molecule has 1 fully saturated rings. The molecule has 3 nitrogen and oxygen atoms in total. The summed E-state index contributed by atoms with van der Waals surface area (Å²) in [6, 6.07) is 5.30. The average Bonchev–Trinajstić information content (AvgIpc) is 2.87. The minimum Gasteiger partial charge on any atom is -0.211 e. The smallest absolute Gasteiger partial charge is 0.211 e. The Balaban J connectivity index is 2.13. The van der Waals surface area contributed by atoms with E-state index in [1.807, 2.05) is 13.0 Å². The molecule has 1 unspecified atom stereocenters. The van der Waals surface area contributed by atoms with E-state index in [9.17, 15) is 8.42 Å².